The Morgan fingerprint density at radius 1 is 0.444 bits per heavy atom. The minimum Gasteiger partial charge on any atom is -0.242 e. The van der Waals surface area contributed by atoms with Crippen LogP contribution in [-0.4, -0.2) is 36.9 Å². The Hall–Kier alpha value is -1.50. The van der Waals surface area contributed by atoms with E-state index in [9.17, 15) is 70.2 Å². The minimum atomic E-state index is -7.36. The highest BCUT2D eigenvalue weighted by Crippen LogP contribution is 2.49. The Kier molecular flexibility index (Phi) is 6.75. The molecule has 0 N–H and O–H groups in total. The number of alkyl halides is 13. The molecular formula is C8F16O3. The summed E-state index contributed by atoms with van der Waals surface area (Å²) in [4.78, 5) is 0. The van der Waals surface area contributed by atoms with Crippen LogP contribution in [0.5, 0.6) is 0 Å². The second-order valence-corrected chi connectivity index (χ2v) is 3.91. The molecule has 0 saturated carbocycles. The van der Waals surface area contributed by atoms with Crippen molar-refractivity contribution in [3.63, 3.8) is 0 Å². The van der Waals surface area contributed by atoms with E-state index >= 15 is 0 Å². The minimum absolute atomic E-state index is 1.38. The van der Waals surface area contributed by atoms with Gasteiger partial charge in [0.25, 0.3) is 5.83 Å². The molecule has 0 amide bonds. The molecule has 0 spiro atoms. The van der Waals surface area contributed by atoms with Gasteiger partial charge in [-0.3, -0.25) is 0 Å². The molecule has 0 aliphatic rings. The SMILES string of the molecule is FC(F)=C(F)C(F)(F)OC(F)(F)C(F)(F)OC(F)(F)C(F)(F)OC(F)(F)F. The molecule has 19 heteroatoms. The number of ether oxygens (including phenoxy) is 3. The average Bonchev–Trinajstić information content (AvgIpc) is 2.31. The van der Waals surface area contributed by atoms with E-state index in [-0.39, 0.29) is 0 Å². The predicted octanol–water partition coefficient (Wildman–Crippen LogP) is 5.60. The van der Waals surface area contributed by atoms with Gasteiger partial charge in [-0.25, -0.2) is 14.2 Å². The topological polar surface area (TPSA) is 27.7 Å². The Balaban J connectivity index is 5.70. The van der Waals surface area contributed by atoms with Crippen LogP contribution in [0.2, 0.25) is 0 Å². The lowest BCUT2D eigenvalue weighted by atomic mass is 10.5. The lowest BCUT2D eigenvalue weighted by molar-refractivity contribution is -0.563. The summed E-state index contributed by atoms with van der Waals surface area (Å²) >= 11 is 0. The van der Waals surface area contributed by atoms with Gasteiger partial charge < -0.3 is 0 Å². The molecule has 3 nitrogen and oxygen atoms in total. The van der Waals surface area contributed by atoms with Crippen LogP contribution >= 0.6 is 0 Å². The second-order valence-electron chi connectivity index (χ2n) is 3.91. The quantitative estimate of drug-likeness (QED) is 0.453. The molecule has 0 aromatic heterocycles. The maximum atomic E-state index is 12.7. The van der Waals surface area contributed by atoms with Crippen LogP contribution in [0.25, 0.3) is 0 Å². The van der Waals surface area contributed by atoms with Crippen LogP contribution in [-0.2, 0) is 14.2 Å². The van der Waals surface area contributed by atoms with E-state index in [1.54, 1.807) is 4.74 Å². The summed E-state index contributed by atoms with van der Waals surface area (Å²) < 4.78 is 200. The van der Waals surface area contributed by atoms with Crippen molar-refractivity contribution in [2.75, 3.05) is 0 Å². The standard InChI is InChI=1S/C8F16O3/c9-1(2(10)11)3(12,13)25-4(14,15)5(16,17)26-6(18,19)7(20,21)27-8(22,23)24. The maximum Gasteiger partial charge on any atom is 0.527 e. The number of rotatable bonds is 8. The van der Waals surface area contributed by atoms with Crippen LogP contribution in [0.4, 0.5) is 70.2 Å². The average molecular weight is 448 g/mol. The molecule has 0 saturated heterocycles. The van der Waals surface area contributed by atoms with Gasteiger partial charge in [0.2, 0.25) is 0 Å². The van der Waals surface area contributed by atoms with E-state index in [2.05, 4.69) is 0 Å². The molecule has 27 heavy (non-hydrogen) atoms. The van der Waals surface area contributed by atoms with Crippen LogP contribution in [0.15, 0.2) is 11.9 Å². The monoisotopic (exact) mass is 448 g/mol. The molecule has 0 atom stereocenters. The van der Waals surface area contributed by atoms with Gasteiger partial charge in [-0.05, 0) is 0 Å². The Morgan fingerprint density at radius 3 is 1.04 bits per heavy atom. The van der Waals surface area contributed by atoms with Crippen LogP contribution in [0, 0.1) is 0 Å². The van der Waals surface area contributed by atoms with Gasteiger partial charge in [-0.15, -0.1) is 13.2 Å². The third kappa shape index (κ3) is 6.26. The highest BCUT2D eigenvalue weighted by Gasteiger charge is 2.74. The van der Waals surface area contributed by atoms with Gasteiger partial charge >= 0.3 is 43.0 Å². The van der Waals surface area contributed by atoms with Crippen molar-refractivity contribution < 1.29 is 84.5 Å². The van der Waals surface area contributed by atoms with E-state index in [1.807, 2.05) is 0 Å². The Bertz CT molecular complexity index is 559. The zero-order chi connectivity index (χ0) is 22.3. The fourth-order valence-electron chi connectivity index (χ4n) is 0.860. The van der Waals surface area contributed by atoms with Crippen molar-refractivity contribution in [1.82, 2.24) is 0 Å². The molecule has 0 aliphatic heterocycles. The van der Waals surface area contributed by atoms with Crippen LogP contribution in [0.3, 0.4) is 0 Å². The molecule has 162 valence electrons. The van der Waals surface area contributed by atoms with Gasteiger partial charge in [-0.1, -0.05) is 0 Å². The molecule has 0 aromatic carbocycles. The molecule has 0 fully saturated rings. The third-order valence-corrected chi connectivity index (χ3v) is 1.86. The zero-order valence-electron chi connectivity index (χ0n) is 11.3. The van der Waals surface area contributed by atoms with Crippen LogP contribution < -0.4 is 0 Å². The van der Waals surface area contributed by atoms with Crippen LogP contribution in [0.1, 0.15) is 0 Å². The van der Waals surface area contributed by atoms with Gasteiger partial charge in [0.15, 0.2) is 0 Å². The molecule has 0 aliphatic carbocycles. The van der Waals surface area contributed by atoms with Crippen molar-refractivity contribution in [1.29, 1.82) is 0 Å². The van der Waals surface area contributed by atoms with Gasteiger partial charge in [0, 0.05) is 0 Å². The van der Waals surface area contributed by atoms with E-state index in [0.29, 0.717) is 0 Å². The van der Waals surface area contributed by atoms with Gasteiger partial charge in [0.1, 0.15) is 0 Å². The van der Waals surface area contributed by atoms with Gasteiger partial charge in [0.05, 0.1) is 0 Å². The summed E-state index contributed by atoms with van der Waals surface area (Å²) in [5.41, 5.74) is 0. The first-order valence-corrected chi connectivity index (χ1v) is 5.25. The van der Waals surface area contributed by atoms with Crippen molar-refractivity contribution in [2.45, 2.75) is 36.9 Å². The summed E-state index contributed by atoms with van der Waals surface area (Å²) in [6.07, 6.45) is -46.4. The summed E-state index contributed by atoms with van der Waals surface area (Å²) in [5, 5.41) is 0. The first-order chi connectivity index (χ1) is 11.5. The molecular weight excluding hydrogens is 448 g/mol. The highest BCUT2D eigenvalue weighted by molar-refractivity contribution is 5.00. The maximum absolute atomic E-state index is 12.7. The number of hydrogen-bond donors (Lipinski definition) is 0. The van der Waals surface area contributed by atoms with Crippen molar-refractivity contribution in [2.24, 2.45) is 0 Å². The Labute approximate surface area is 135 Å². The smallest absolute Gasteiger partial charge is 0.242 e. The van der Waals surface area contributed by atoms with Crippen molar-refractivity contribution in [3.05, 3.63) is 11.9 Å². The Morgan fingerprint density at radius 2 is 0.741 bits per heavy atom. The third-order valence-electron chi connectivity index (χ3n) is 1.86. The molecule has 0 radical (unpaired) electrons. The summed E-state index contributed by atoms with van der Waals surface area (Å²) in [6.45, 7) is 0. The largest absolute Gasteiger partial charge is 0.527 e. The first kappa shape index (κ1) is 25.5. The molecule has 0 rings (SSSR count). The van der Waals surface area contributed by atoms with Crippen molar-refractivity contribution >= 4 is 0 Å². The fourth-order valence-corrected chi connectivity index (χ4v) is 0.860. The number of hydrogen-bond acceptors (Lipinski definition) is 3. The molecule has 0 bridgehead atoms. The lowest BCUT2D eigenvalue weighted by Gasteiger charge is -2.32. The lowest BCUT2D eigenvalue weighted by Crippen LogP contribution is -2.57. The normalized spacial score (nSPS) is 15.1. The molecule has 0 aromatic rings. The van der Waals surface area contributed by atoms with Crippen molar-refractivity contribution in [3.8, 4) is 0 Å². The van der Waals surface area contributed by atoms with E-state index in [4.69, 9.17) is 0 Å². The van der Waals surface area contributed by atoms with Gasteiger partial charge in [-0.2, -0.15) is 57.1 Å². The summed E-state index contributed by atoms with van der Waals surface area (Å²) in [7, 11) is 0. The summed E-state index contributed by atoms with van der Waals surface area (Å²) in [6, 6.07) is 0. The second kappa shape index (κ2) is 7.15. The number of halogens is 16. The first-order valence-electron chi connectivity index (χ1n) is 5.25. The van der Waals surface area contributed by atoms with E-state index in [1.165, 1.54) is 9.47 Å². The van der Waals surface area contributed by atoms with E-state index in [0.717, 1.165) is 0 Å². The fraction of sp³-hybridized carbons (Fsp3) is 0.750. The highest BCUT2D eigenvalue weighted by atomic mass is 19.4. The zero-order valence-corrected chi connectivity index (χ0v) is 11.3. The predicted molar refractivity (Wildman–Crippen MR) is 44.4 cm³/mol. The molecule has 0 unspecified atom stereocenters. The summed E-state index contributed by atoms with van der Waals surface area (Å²) in [5.74, 6) is -4.21. The van der Waals surface area contributed by atoms with E-state index < -0.39 is 48.8 Å². The molecule has 0 heterocycles.